The molecule has 0 saturated carbocycles. The van der Waals surface area contributed by atoms with Gasteiger partial charge in [0.25, 0.3) is 0 Å². The highest BCUT2D eigenvalue weighted by Crippen LogP contribution is 2.41. The predicted molar refractivity (Wildman–Crippen MR) is 136 cm³/mol. The van der Waals surface area contributed by atoms with Gasteiger partial charge < -0.3 is 18.6 Å². The Kier molecular flexibility index (Phi) is 6.38. The van der Waals surface area contributed by atoms with E-state index >= 15 is 0 Å². The average molecular weight is 609 g/mol. The molecular weight excluding hydrogens is 595 g/mol. The van der Waals surface area contributed by atoms with Crippen LogP contribution in [0.1, 0.15) is 5.56 Å². The summed E-state index contributed by atoms with van der Waals surface area (Å²) in [5.41, 5.74) is 2.89. The van der Waals surface area contributed by atoms with Crippen molar-refractivity contribution in [2.24, 2.45) is 0 Å². The van der Waals surface area contributed by atoms with E-state index in [1.807, 2.05) is 42.5 Å². The van der Waals surface area contributed by atoms with Gasteiger partial charge in [0.2, 0.25) is 0 Å². The molecule has 0 aliphatic rings. The Morgan fingerprint density at radius 1 is 0.939 bits per heavy atom. The first-order valence-corrected chi connectivity index (χ1v) is 12.1. The zero-order valence-corrected chi connectivity index (χ0v) is 21.4. The molecule has 5 nitrogen and oxygen atoms in total. The molecule has 1 N–H and O–H groups in total. The molecule has 0 aliphatic heterocycles. The SMILES string of the molecule is Clc1ccc(COc2c(Br)cc(Br)cc2-c2nc(-c3ccco3)c(-c3ccco3)[nH]2)c(Cl)c1. The van der Waals surface area contributed by atoms with Crippen molar-refractivity contribution in [1.82, 2.24) is 9.97 Å². The molecule has 0 bridgehead atoms. The second-order valence-corrected chi connectivity index (χ2v) is 9.67. The fourth-order valence-electron chi connectivity index (χ4n) is 3.36. The average Bonchev–Trinajstić information content (AvgIpc) is 3.54. The zero-order chi connectivity index (χ0) is 22.9. The summed E-state index contributed by atoms with van der Waals surface area (Å²) < 4.78 is 19.1. The summed E-state index contributed by atoms with van der Waals surface area (Å²) in [6.45, 7) is 0.250. The van der Waals surface area contributed by atoms with Crippen molar-refractivity contribution in [3.05, 3.63) is 91.7 Å². The number of nitrogens with one attached hydrogen (secondary N) is 1. The number of H-pyrrole nitrogens is 1. The topological polar surface area (TPSA) is 64.2 Å². The van der Waals surface area contributed by atoms with E-state index < -0.39 is 0 Å². The van der Waals surface area contributed by atoms with Gasteiger partial charge in [-0.05, 0) is 64.5 Å². The van der Waals surface area contributed by atoms with Gasteiger partial charge in [-0.25, -0.2) is 4.98 Å². The summed E-state index contributed by atoms with van der Waals surface area (Å²) >= 11 is 19.5. The third kappa shape index (κ3) is 4.64. The first-order valence-electron chi connectivity index (χ1n) is 9.73. The first-order chi connectivity index (χ1) is 16.0. The Bertz CT molecular complexity index is 1360. The number of nitrogens with zero attached hydrogens (tertiary/aromatic N) is 1. The van der Waals surface area contributed by atoms with Crippen molar-refractivity contribution in [3.63, 3.8) is 0 Å². The molecule has 0 fully saturated rings. The van der Waals surface area contributed by atoms with E-state index in [1.54, 1.807) is 24.7 Å². The van der Waals surface area contributed by atoms with Crippen molar-refractivity contribution in [2.45, 2.75) is 6.61 Å². The molecular formula is C24H14Br2Cl2N2O3. The van der Waals surface area contributed by atoms with E-state index in [0.29, 0.717) is 44.5 Å². The van der Waals surface area contributed by atoms with Crippen LogP contribution in [-0.2, 0) is 6.61 Å². The molecule has 3 aromatic heterocycles. The van der Waals surface area contributed by atoms with Gasteiger partial charge in [-0.2, -0.15) is 0 Å². The van der Waals surface area contributed by atoms with Gasteiger partial charge in [-0.15, -0.1) is 0 Å². The van der Waals surface area contributed by atoms with Crippen LogP contribution < -0.4 is 4.74 Å². The fourth-order valence-corrected chi connectivity index (χ4v) is 5.17. The molecule has 33 heavy (non-hydrogen) atoms. The first kappa shape index (κ1) is 22.3. The van der Waals surface area contributed by atoms with E-state index in [9.17, 15) is 0 Å². The van der Waals surface area contributed by atoms with Gasteiger partial charge >= 0.3 is 0 Å². The lowest BCUT2D eigenvalue weighted by Gasteiger charge is -2.14. The van der Waals surface area contributed by atoms with E-state index in [-0.39, 0.29) is 6.61 Å². The molecule has 3 heterocycles. The number of aromatic nitrogens is 2. The number of aromatic amines is 1. The number of imidazole rings is 1. The molecule has 9 heteroatoms. The highest BCUT2D eigenvalue weighted by Gasteiger charge is 2.22. The molecule has 5 rings (SSSR count). The van der Waals surface area contributed by atoms with E-state index in [2.05, 4.69) is 36.8 Å². The van der Waals surface area contributed by atoms with Crippen molar-refractivity contribution < 1.29 is 13.6 Å². The van der Waals surface area contributed by atoms with Crippen LogP contribution in [0.4, 0.5) is 0 Å². The Labute approximate surface area is 215 Å². The summed E-state index contributed by atoms with van der Waals surface area (Å²) in [4.78, 5) is 8.20. The molecule has 0 atom stereocenters. The maximum atomic E-state index is 6.33. The van der Waals surface area contributed by atoms with Crippen molar-refractivity contribution >= 4 is 55.1 Å². The van der Waals surface area contributed by atoms with Crippen molar-refractivity contribution in [1.29, 1.82) is 0 Å². The van der Waals surface area contributed by atoms with Crippen LogP contribution >= 0.6 is 55.1 Å². The summed E-state index contributed by atoms with van der Waals surface area (Å²) in [5, 5.41) is 1.11. The number of ether oxygens (including phenoxy) is 1. The van der Waals surface area contributed by atoms with Gasteiger partial charge in [0, 0.05) is 20.1 Å². The molecule has 0 spiro atoms. The monoisotopic (exact) mass is 606 g/mol. The van der Waals surface area contributed by atoms with E-state index in [4.69, 9.17) is 41.8 Å². The van der Waals surface area contributed by atoms with Crippen LogP contribution in [-0.4, -0.2) is 9.97 Å². The van der Waals surface area contributed by atoms with Gasteiger partial charge in [0.1, 0.15) is 29.6 Å². The third-order valence-electron chi connectivity index (χ3n) is 4.88. The molecule has 2 aromatic carbocycles. The summed E-state index contributed by atoms with van der Waals surface area (Å²) in [5.74, 6) is 2.46. The van der Waals surface area contributed by atoms with Crippen LogP contribution in [0.15, 0.2) is 84.9 Å². The molecule has 0 saturated heterocycles. The fraction of sp³-hybridized carbons (Fsp3) is 0.0417. The summed E-state index contributed by atoms with van der Waals surface area (Å²) in [6, 6.07) is 16.5. The molecule has 0 unspecified atom stereocenters. The number of halogens is 4. The Morgan fingerprint density at radius 2 is 1.70 bits per heavy atom. The lowest BCUT2D eigenvalue weighted by atomic mass is 10.2. The minimum Gasteiger partial charge on any atom is -0.487 e. The summed E-state index contributed by atoms with van der Waals surface area (Å²) in [7, 11) is 0. The Hall–Kier alpha value is -2.45. The number of rotatable bonds is 6. The van der Waals surface area contributed by atoms with E-state index in [0.717, 1.165) is 20.1 Å². The largest absolute Gasteiger partial charge is 0.487 e. The van der Waals surface area contributed by atoms with Gasteiger partial charge in [0.05, 0.1) is 22.6 Å². The maximum Gasteiger partial charge on any atom is 0.154 e. The zero-order valence-electron chi connectivity index (χ0n) is 16.7. The van der Waals surface area contributed by atoms with Crippen LogP contribution in [0.5, 0.6) is 5.75 Å². The van der Waals surface area contributed by atoms with Gasteiger partial charge in [-0.1, -0.05) is 45.2 Å². The van der Waals surface area contributed by atoms with Crippen molar-refractivity contribution in [2.75, 3.05) is 0 Å². The normalized spacial score (nSPS) is 11.2. The molecule has 5 aromatic rings. The standard InChI is InChI=1S/C24H14Br2Cl2N2O3/c25-14-9-16(23(17(26)10-14)33-12-13-5-6-15(27)11-18(13)28)24-29-21(19-3-1-7-31-19)22(30-24)20-4-2-8-32-20/h1-11H,12H2,(H,29,30). The number of furan rings is 2. The summed E-state index contributed by atoms with van der Waals surface area (Å²) in [6.07, 6.45) is 3.22. The third-order valence-corrected chi connectivity index (χ3v) is 6.51. The number of hydrogen-bond acceptors (Lipinski definition) is 4. The minimum absolute atomic E-state index is 0.250. The van der Waals surface area contributed by atoms with Crippen LogP contribution in [0.3, 0.4) is 0 Å². The number of hydrogen-bond donors (Lipinski definition) is 1. The molecule has 0 aliphatic carbocycles. The lowest BCUT2D eigenvalue weighted by Crippen LogP contribution is -1.99. The quantitative estimate of drug-likeness (QED) is 0.209. The van der Waals surface area contributed by atoms with Crippen LogP contribution in [0, 0.1) is 0 Å². The van der Waals surface area contributed by atoms with Gasteiger partial charge in [-0.3, -0.25) is 0 Å². The number of benzene rings is 2. The molecule has 0 radical (unpaired) electrons. The second kappa shape index (κ2) is 9.43. The highest BCUT2D eigenvalue weighted by atomic mass is 79.9. The minimum atomic E-state index is 0.250. The van der Waals surface area contributed by atoms with E-state index in [1.165, 1.54) is 0 Å². The van der Waals surface area contributed by atoms with Crippen molar-refractivity contribution in [3.8, 4) is 40.0 Å². The maximum absolute atomic E-state index is 6.33. The smallest absolute Gasteiger partial charge is 0.154 e. The Morgan fingerprint density at radius 3 is 2.39 bits per heavy atom. The Balaban J connectivity index is 1.59. The van der Waals surface area contributed by atoms with Crippen LogP contribution in [0.25, 0.3) is 34.3 Å². The highest BCUT2D eigenvalue weighted by molar-refractivity contribution is 9.11. The predicted octanol–water partition coefficient (Wildman–Crippen LogP) is 9.01. The molecule has 0 amide bonds. The second-order valence-electron chi connectivity index (χ2n) is 7.05. The molecule has 166 valence electrons. The lowest BCUT2D eigenvalue weighted by molar-refractivity contribution is 0.305. The van der Waals surface area contributed by atoms with Crippen LogP contribution in [0.2, 0.25) is 10.0 Å². The van der Waals surface area contributed by atoms with Gasteiger partial charge in [0.15, 0.2) is 11.5 Å².